The molecule has 1 aliphatic carbocycles. The van der Waals surface area contributed by atoms with Crippen LogP contribution in [-0.2, 0) is 5.54 Å². The maximum absolute atomic E-state index is 12.8. The fraction of sp³-hybridized carbons (Fsp3) is 0.438. The molecular formula is C16H18N4O4. The van der Waals surface area contributed by atoms with Gasteiger partial charge in [0.1, 0.15) is 5.54 Å². The predicted octanol–water partition coefficient (Wildman–Crippen LogP) is 2.79. The van der Waals surface area contributed by atoms with Crippen LogP contribution >= 0.6 is 0 Å². The molecule has 8 nitrogen and oxygen atoms in total. The lowest BCUT2D eigenvalue weighted by atomic mass is 9.95. The molecule has 1 aromatic heterocycles. The van der Waals surface area contributed by atoms with Crippen LogP contribution in [0.1, 0.15) is 53.3 Å². The van der Waals surface area contributed by atoms with Gasteiger partial charge in [0, 0.05) is 24.1 Å². The second-order valence-corrected chi connectivity index (χ2v) is 6.09. The number of aryl methyl sites for hydroxylation is 1. The van der Waals surface area contributed by atoms with Crippen molar-refractivity contribution in [1.29, 1.82) is 0 Å². The number of benzene rings is 1. The number of nitro benzene ring substituents is 1. The van der Waals surface area contributed by atoms with Crippen molar-refractivity contribution in [3.63, 3.8) is 0 Å². The number of nitrogens with one attached hydrogen (secondary N) is 1. The molecule has 24 heavy (non-hydrogen) atoms. The van der Waals surface area contributed by atoms with Gasteiger partial charge in [-0.15, -0.1) is 0 Å². The second kappa shape index (κ2) is 6.03. The Morgan fingerprint density at radius 2 is 2.04 bits per heavy atom. The third kappa shape index (κ3) is 2.75. The van der Waals surface area contributed by atoms with E-state index < -0.39 is 10.5 Å². The number of hydrogen-bond donors (Lipinski definition) is 1. The summed E-state index contributed by atoms with van der Waals surface area (Å²) < 4.78 is 5.06. The largest absolute Gasteiger partial charge is 0.340 e. The maximum atomic E-state index is 12.8. The van der Waals surface area contributed by atoms with E-state index in [2.05, 4.69) is 15.5 Å². The summed E-state index contributed by atoms with van der Waals surface area (Å²) in [5, 5.41) is 18.0. The molecule has 0 atom stereocenters. The molecule has 126 valence electrons. The molecule has 1 saturated carbocycles. The first-order valence-corrected chi connectivity index (χ1v) is 7.80. The number of nitro groups is 1. The van der Waals surface area contributed by atoms with Gasteiger partial charge in [-0.2, -0.15) is 4.98 Å². The number of carbonyl (C=O) groups is 1. The monoisotopic (exact) mass is 330 g/mol. The molecule has 1 aromatic carbocycles. The van der Waals surface area contributed by atoms with Gasteiger partial charge in [-0.1, -0.05) is 24.1 Å². The molecule has 1 N–H and O–H groups in total. The molecule has 0 aliphatic heterocycles. The van der Waals surface area contributed by atoms with Gasteiger partial charge in [0.05, 0.1) is 4.92 Å². The van der Waals surface area contributed by atoms with Crippen molar-refractivity contribution in [2.24, 2.45) is 0 Å². The van der Waals surface area contributed by atoms with Gasteiger partial charge in [-0.25, -0.2) is 0 Å². The summed E-state index contributed by atoms with van der Waals surface area (Å²) in [5.41, 5.74) is -0.113. The molecule has 1 heterocycles. The first-order chi connectivity index (χ1) is 11.4. The van der Waals surface area contributed by atoms with Crippen molar-refractivity contribution in [2.45, 2.75) is 45.1 Å². The number of amides is 1. The van der Waals surface area contributed by atoms with Crippen LogP contribution in [0, 0.1) is 24.0 Å². The fourth-order valence-corrected chi connectivity index (χ4v) is 3.23. The highest BCUT2D eigenvalue weighted by atomic mass is 16.6. The lowest BCUT2D eigenvalue weighted by Crippen LogP contribution is -2.44. The van der Waals surface area contributed by atoms with Crippen molar-refractivity contribution in [1.82, 2.24) is 15.5 Å². The summed E-state index contributed by atoms with van der Waals surface area (Å²) in [5.74, 6) is 0.548. The molecular weight excluding hydrogens is 312 g/mol. The number of carbonyl (C=O) groups excluding carboxylic acids is 1. The van der Waals surface area contributed by atoms with E-state index in [1.807, 2.05) is 0 Å². The summed E-state index contributed by atoms with van der Waals surface area (Å²) in [6, 6.07) is 4.49. The first kappa shape index (κ1) is 16.1. The second-order valence-electron chi connectivity index (χ2n) is 6.09. The SMILES string of the molecule is Cc1nc(C2(NC(=O)c3cccc([N+](=O)[O-])c3C)CCCC2)no1. The zero-order valence-electron chi connectivity index (χ0n) is 13.5. The summed E-state index contributed by atoms with van der Waals surface area (Å²) in [6.07, 6.45) is 3.32. The number of aromatic nitrogens is 2. The van der Waals surface area contributed by atoms with Gasteiger partial charge in [0.15, 0.2) is 5.82 Å². The summed E-state index contributed by atoms with van der Waals surface area (Å²) >= 11 is 0. The van der Waals surface area contributed by atoms with Crippen LogP contribution in [-0.4, -0.2) is 21.0 Å². The van der Waals surface area contributed by atoms with E-state index in [4.69, 9.17) is 4.52 Å². The highest BCUT2D eigenvalue weighted by molar-refractivity contribution is 5.97. The fourth-order valence-electron chi connectivity index (χ4n) is 3.23. The molecule has 0 radical (unpaired) electrons. The number of hydrogen-bond acceptors (Lipinski definition) is 6. The Balaban J connectivity index is 1.93. The van der Waals surface area contributed by atoms with Crippen molar-refractivity contribution >= 4 is 11.6 Å². The van der Waals surface area contributed by atoms with Crippen molar-refractivity contribution < 1.29 is 14.2 Å². The molecule has 1 fully saturated rings. The Hall–Kier alpha value is -2.77. The standard InChI is InChI=1S/C16H18N4O4/c1-10-12(6-5-7-13(10)20(22)23)14(21)18-16(8-3-4-9-16)15-17-11(2)24-19-15/h5-7H,3-4,8-9H2,1-2H3,(H,18,21). The van der Waals surface area contributed by atoms with E-state index in [0.717, 1.165) is 12.8 Å². The van der Waals surface area contributed by atoms with Gasteiger partial charge in [0.25, 0.3) is 11.6 Å². The topological polar surface area (TPSA) is 111 Å². The van der Waals surface area contributed by atoms with Crippen LogP contribution in [0.5, 0.6) is 0 Å². The zero-order chi connectivity index (χ0) is 17.3. The Labute approximate surface area is 138 Å². The van der Waals surface area contributed by atoms with Crippen molar-refractivity contribution in [3.8, 4) is 0 Å². The molecule has 1 aliphatic rings. The van der Waals surface area contributed by atoms with Crippen LogP contribution in [0.4, 0.5) is 5.69 Å². The molecule has 8 heteroatoms. The van der Waals surface area contributed by atoms with Crippen LogP contribution in [0.15, 0.2) is 22.7 Å². The average molecular weight is 330 g/mol. The van der Waals surface area contributed by atoms with Gasteiger partial charge in [0.2, 0.25) is 5.89 Å². The Morgan fingerprint density at radius 1 is 1.33 bits per heavy atom. The molecule has 3 rings (SSSR count). The maximum Gasteiger partial charge on any atom is 0.273 e. The smallest absolute Gasteiger partial charge is 0.273 e. The van der Waals surface area contributed by atoms with Gasteiger partial charge in [-0.05, 0) is 25.8 Å². The minimum atomic E-state index is -0.675. The minimum Gasteiger partial charge on any atom is -0.340 e. The van der Waals surface area contributed by atoms with E-state index >= 15 is 0 Å². The predicted molar refractivity (Wildman–Crippen MR) is 84.5 cm³/mol. The molecule has 0 saturated heterocycles. The van der Waals surface area contributed by atoms with E-state index in [-0.39, 0.29) is 17.2 Å². The lowest BCUT2D eigenvalue weighted by molar-refractivity contribution is -0.385. The van der Waals surface area contributed by atoms with Crippen molar-refractivity contribution in [3.05, 3.63) is 51.2 Å². The molecule has 2 aromatic rings. The third-order valence-electron chi connectivity index (χ3n) is 4.51. The average Bonchev–Trinajstić information content (AvgIpc) is 3.17. The lowest BCUT2D eigenvalue weighted by Gasteiger charge is -2.27. The van der Waals surface area contributed by atoms with Crippen LogP contribution in [0.2, 0.25) is 0 Å². The zero-order valence-corrected chi connectivity index (χ0v) is 13.5. The molecule has 1 amide bonds. The minimum absolute atomic E-state index is 0.0708. The quantitative estimate of drug-likeness (QED) is 0.681. The summed E-state index contributed by atoms with van der Waals surface area (Å²) in [7, 11) is 0. The van der Waals surface area contributed by atoms with Crippen molar-refractivity contribution in [2.75, 3.05) is 0 Å². The van der Waals surface area contributed by atoms with Crippen LogP contribution < -0.4 is 5.32 Å². The van der Waals surface area contributed by atoms with E-state index in [9.17, 15) is 14.9 Å². The summed E-state index contributed by atoms with van der Waals surface area (Å²) in [4.78, 5) is 27.6. The van der Waals surface area contributed by atoms with Gasteiger partial charge >= 0.3 is 0 Å². The highest BCUT2D eigenvalue weighted by Crippen LogP contribution is 2.37. The van der Waals surface area contributed by atoms with Crippen LogP contribution in [0.25, 0.3) is 0 Å². The summed E-state index contributed by atoms with van der Waals surface area (Å²) in [6.45, 7) is 3.28. The molecule has 0 unspecified atom stereocenters. The first-order valence-electron chi connectivity index (χ1n) is 7.80. The van der Waals surface area contributed by atoms with Gasteiger partial charge in [-0.3, -0.25) is 14.9 Å². The normalized spacial score (nSPS) is 16.1. The molecule has 0 spiro atoms. The Kier molecular flexibility index (Phi) is 4.04. The van der Waals surface area contributed by atoms with Crippen LogP contribution in [0.3, 0.4) is 0 Å². The van der Waals surface area contributed by atoms with E-state index in [1.54, 1.807) is 19.9 Å². The third-order valence-corrected chi connectivity index (χ3v) is 4.51. The van der Waals surface area contributed by atoms with E-state index in [1.165, 1.54) is 12.1 Å². The number of nitrogens with zero attached hydrogens (tertiary/aromatic N) is 3. The number of rotatable bonds is 4. The highest BCUT2D eigenvalue weighted by Gasteiger charge is 2.41. The Morgan fingerprint density at radius 3 is 2.62 bits per heavy atom. The molecule has 0 bridgehead atoms. The Bertz CT molecular complexity index is 793. The van der Waals surface area contributed by atoms with E-state index in [0.29, 0.717) is 30.1 Å². The van der Waals surface area contributed by atoms with Gasteiger partial charge < -0.3 is 9.84 Å².